The molecule has 0 aromatic carbocycles. The summed E-state index contributed by atoms with van der Waals surface area (Å²) in [6.07, 6.45) is 0. The summed E-state index contributed by atoms with van der Waals surface area (Å²) in [6, 6.07) is 1.38. The Morgan fingerprint density at radius 1 is 1.00 bits per heavy atom. The fraction of sp³-hybridized carbons (Fsp3) is 0.800. The van der Waals surface area contributed by atoms with Crippen LogP contribution in [0.5, 0.6) is 0 Å². The predicted molar refractivity (Wildman–Crippen MR) is 53.9 cm³/mol. The van der Waals surface area contributed by atoms with Crippen LogP contribution >= 0.6 is 0 Å². The Labute approximate surface area is 72.1 Å². The number of hydrogen-bond acceptors (Lipinski definition) is 1. The summed E-state index contributed by atoms with van der Waals surface area (Å²) in [5, 5.41) is 0. The summed E-state index contributed by atoms with van der Waals surface area (Å²) in [5.74, 6) is 0. The van der Waals surface area contributed by atoms with Crippen LogP contribution in [0.4, 0.5) is 0 Å². The normalized spacial score (nSPS) is 10.2. The van der Waals surface area contributed by atoms with E-state index in [4.69, 9.17) is 0 Å². The highest BCUT2D eigenvalue weighted by Crippen LogP contribution is 2.02. The molecular formula is C10H23N. The molecule has 1 heteroatoms. The molecule has 0 aromatic heterocycles. The topological polar surface area (TPSA) is 3.24 Å². The first-order valence-electron chi connectivity index (χ1n) is 4.35. The molecule has 68 valence electrons. The summed E-state index contributed by atoms with van der Waals surface area (Å²) in [4.78, 5) is 2.46. The van der Waals surface area contributed by atoms with E-state index in [9.17, 15) is 0 Å². The Morgan fingerprint density at radius 2 is 1.27 bits per heavy atom. The van der Waals surface area contributed by atoms with Crippen LogP contribution in [0.15, 0.2) is 13.2 Å². The van der Waals surface area contributed by atoms with Gasteiger partial charge in [0.2, 0.25) is 0 Å². The number of rotatable bonds is 3. The maximum atomic E-state index is 3.00. The molecule has 0 atom stereocenters. The van der Waals surface area contributed by atoms with Gasteiger partial charge in [0.05, 0.1) is 0 Å². The SMILES string of the molecule is C=C.CCN(C(C)C)C(C)C. The minimum absolute atomic E-state index is 0.690. The molecule has 0 rings (SSSR count). The molecule has 0 aliphatic rings. The van der Waals surface area contributed by atoms with Gasteiger partial charge in [-0.3, -0.25) is 4.90 Å². The lowest BCUT2D eigenvalue weighted by molar-refractivity contribution is 0.185. The zero-order valence-corrected chi connectivity index (χ0v) is 8.72. The molecule has 0 amide bonds. The zero-order valence-electron chi connectivity index (χ0n) is 8.72. The Kier molecular flexibility index (Phi) is 9.44. The largest absolute Gasteiger partial charge is 0.299 e. The third-order valence-electron chi connectivity index (χ3n) is 1.69. The van der Waals surface area contributed by atoms with Crippen molar-refractivity contribution in [1.29, 1.82) is 0 Å². The molecule has 0 unspecified atom stereocenters. The summed E-state index contributed by atoms with van der Waals surface area (Å²) >= 11 is 0. The quantitative estimate of drug-likeness (QED) is 0.569. The van der Waals surface area contributed by atoms with Gasteiger partial charge >= 0.3 is 0 Å². The van der Waals surface area contributed by atoms with Gasteiger partial charge in [0, 0.05) is 12.1 Å². The molecule has 11 heavy (non-hydrogen) atoms. The fourth-order valence-corrected chi connectivity index (χ4v) is 1.33. The Morgan fingerprint density at radius 3 is 1.27 bits per heavy atom. The predicted octanol–water partition coefficient (Wildman–Crippen LogP) is 2.93. The molecule has 0 spiro atoms. The van der Waals surface area contributed by atoms with Gasteiger partial charge in [-0.1, -0.05) is 6.92 Å². The minimum Gasteiger partial charge on any atom is -0.299 e. The molecule has 0 saturated heterocycles. The Bertz CT molecular complexity index is 68.9. The first-order valence-corrected chi connectivity index (χ1v) is 4.35. The van der Waals surface area contributed by atoms with Gasteiger partial charge in [0.25, 0.3) is 0 Å². The van der Waals surface area contributed by atoms with Crippen LogP contribution in [0.1, 0.15) is 34.6 Å². The van der Waals surface area contributed by atoms with Gasteiger partial charge in [-0.05, 0) is 34.2 Å². The maximum absolute atomic E-state index is 3.00. The van der Waals surface area contributed by atoms with E-state index in [1.165, 1.54) is 0 Å². The Balaban J connectivity index is 0. The molecule has 0 aliphatic carbocycles. The van der Waals surface area contributed by atoms with E-state index in [0.29, 0.717) is 12.1 Å². The third-order valence-corrected chi connectivity index (χ3v) is 1.69. The average Bonchev–Trinajstić information content (AvgIpc) is 1.91. The molecule has 0 heterocycles. The lowest BCUT2D eigenvalue weighted by Gasteiger charge is -2.28. The van der Waals surface area contributed by atoms with Gasteiger partial charge in [-0.2, -0.15) is 0 Å². The van der Waals surface area contributed by atoms with E-state index in [2.05, 4.69) is 52.7 Å². The van der Waals surface area contributed by atoms with Crippen molar-refractivity contribution in [2.75, 3.05) is 6.54 Å². The average molecular weight is 157 g/mol. The second-order valence-electron chi connectivity index (χ2n) is 3.02. The molecule has 1 nitrogen and oxygen atoms in total. The van der Waals surface area contributed by atoms with Gasteiger partial charge in [0.1, 0.15) is 0 Å². The van der Waals surface area contributed by atoms with Crippen LogP contribution in [0.2, 0.25) is 0 Å². The lowest BCUT2D eigenvalue weighted by atomic mass is 10.2. The highest BCUT2D eigenvalue weighted by atomic mass is 15.2. The summed E-state index contributed by atoms with van der Waals surface area (Å²) in [7, 11) is 0. The van der Waals surface area contributed by atoms with E-state index in [1.807, 2.05) is 0 Å². The number of nitrogens with zero attached hydrogens (tertiary/aromatic N) is 1. The van der Waals surface area contributed by atoms with E-state index in [1.54, 1.807) is 0 Å². The van der Waals surface area contributed by atoms with Crippen molar-refractivity contribution in [3.63, 3.8) is 0 Å². The van der Waals surface area contributed by atoms with Crippen molar-refractivity contribution < 1.29 is 0 Å². The molecule has 0 saturated carbocycles. The van der Waals surface area contributed by atoms with Crippen LogP contribution < -0.4 is 0 Å². The van der Waals surface area contributed by atoms with Crippen LogP contribution in [-0.4, -0.2) is 23.5 Å². The van der Waals surface area contributed by atoms with Crippen molar-refractivity contribution in [2.45, 2.75) is 46.7 Å². The summed E-state index contributed by atoms with van der Waals surface area (Å²) in [5.41, 5.74) is 0. The second kappa shape index (κ2) is 7.80. The van der Waals surface area contributed by atoms with E-state index >= 15 is 0 Å². The van der Waals surface area contributed by atoms with Gasteiger partial charge in [0.15, 0.2) is 0 Å². The van der Waals surface area contributed by atoms with Crippen molar-refractivity contribution in [2.24, 2.45) is 0 Å². The highest BCUT2D eigenvalue weighted by molar-refractivity contribution is 4.64. The summed E-state index contributed by atoms with van der Waals surface area (Å²) < 4.78 is 0. The van der Waals surface area contributed by atoms with Crippen LogP contribution in [0.25, 0.3) is 0 Å². The third kappa shape index (κ3) is 6.11. The highest BCUT2D eigenvalue weighted by Gasteiger charge is 2.08. The smallest absolute Gasteiger partial charge is 0.00411 e. The zero-order chi connectivity index (χ0) is 9.44. The summed E-state index contributed by atoms with van der Waals surface area (Å²) in [6.45, 7) is 18.3. The first kappa shape index (κ1) is 13.3. The number of hydrogen-bond donors (Lipinski definition) is 0. The van der Waals surface area contributed by atoms with Crippen molar-refractivity contribution >= 4 is 0 Å². The molecular weight excluding hydrogens is 134 g/mol. The van der Waals surface area contributed by atoms with E-state index < -0.39 is 0 Å². The molecule has 0 radical (unpaired) electrons. The standard InChI is InChI=1S/C8H19N.C2H4/c1-6-9(7(2)3)8(4)5;1-2/h7-8H,6H2,1-5H3;1-2H2. The fourth-order valence-electron chi connectivity index (χ4n) is 1.33. The van der Waals surface area contributed by atoms with Gasteiger partial charge in [-0.15, -0.1) is 13.2 Å². The second-order valence-corrected chi connectivity index (χ2v) is 3.02. The van der Waals surface area contributed by atoms with E-state index in [-0.39, 0.29) is 0 Å². The molecule has 0 N–H and O–H groups in total. The first-order chi connectivity index (χ1) is 5.09. The van der Waals surface area contributed by atoms with Crippen molar-refractivity contribution in [3.05, 3.63) is 13.2 Å². The van der Waals surface area contributed by atoms with Gasteiger partial charge < -0.3 is 0 Å². The lowest BCUT2D eigenvalue weighted by Crippen LogP contribution is -2.36. The monoisotopic (exact) mass is 157 g/mol. The van der Waals surface area contributed by atoms with E-state index in [0.717, 1.165) is 6.54 Å². The van der Waals surface area contributed by atoms with Crippen LogP contribution in [0.3, 0.4) is 0 Å². The van der Waals surface area contributed by atoms with Crippen molar-refractivity contribution in [1.82, 2.24) is 4.90 Å². The molecule has 0 aliphatic heterocycles. The minimum atomic E-state index is 0.690. The molecule has 0 fully saturated rings. The molecule has 0 aromatic rings. The van der Waals surface area contributed by atoms with Crippen molar-refractivity contribution in [3.8, 4) is 0 Å². The van der Waals surface area contributed by atoms with Crippen LogP contribution in [0, 0.1) is 0 Å². The van der Waals surface area contributed by atoms with Crippen LogP contribution in [-0.2, 0) is 0 Å². The Hall–Kier alpha value is -0.300. The maximum Gasteiger partial charge on any atom is 0.00411 e. The molecule has 0 bridgehead atoms. The van der Waals surface area contributed by atoms with Gasteiger partial charge in [-0.25, -0.2) is 0 Å².